The Bertz CT molecular complexity index is 888. The van der Waals surface area contributed by atoms with Crippen molar-refractivity contribution < 1.29 is 14.3 Å². The normalized spacial score (nSPS) is 10.5. The number of aromatic nitrogens is 1. The molecule has 0 radical (unpaired) electrons. The van der Waals surface area contributed by atoms with E-state index in [1.54, 1.807) is 20.2 Å². The maximum absolute atomic E-state index is 12.2. The third-order valence-electron chi connectivity index (χ3n) is 3.76. The van der Waals surface area contributed by atoms with Crippen LogP contribution >= 0.6 is 11.3 Å². The summed E-state index contributed by atoms with van der Waals surface area (Å²) < 4.78 is 10.5. The zero-order valence-corrected chi connectivity index (χ0v) is 14.8. The Morgan fingerprint density at radius 2 is 2.00 bits per heavy atom. The van der Waals surface area contributed by atoms with Gasteiger partial charge in [-0.25, -0.2) is 4.79 Å². The van der Waals surface area contributed by atoms with Gasteiger partial charge in [0.1, 0.15) is 16.3 Å². The fraction of sp³-hybridized carbons (Fsp3) is 0.158. The second-order valence-electron chi connectivity index (χ2n) is 5.24. The van der Waals surface area contributed by atoms with E-state index in [0.29, 0.717) is 17.2 Å². The minimum Gasteiger partial charge on any atom is -0.496 e. The highest BCUT2D eigenvalue weighted by molar-refractivity contribution is 7.14. The van der Waals surface area contributed by atoms with Crippen LogP contribution in [-0.4, -0.2) is 24.7 Å². The van der Waals surface area contributed by atoms with Gasteiger partial charge >= 0.3 is 5.97 Å². The topological polar surface area (TPSA) is 74.4 Å². The number of hydrogen-bond acceptors (Lipinski definition) is 6. The molecule has 1 aromatic carbocycles. The van der Waals surface area contributed by atoms with Gasteiger partial charge in [-0.05, 0) is 25.1 Å². The molecule has 5 nitrogen and oxygen atoms in total. The second kappa shape index (κ2) is 7.36. The minimum atomic E-state index is -0.412. The molecular weight excluding hydrogens is 336 g/mol. The van der Waals surface area contributed by atoms with E-state index in [2.05, 4.69) is 4.98 Å². The van der Waals surface area contributed by atoms with Crippen molar-refractivity contribution in [2.75, 3.05) is 19.5 Å². The molecule has 0 saturated heterocycles. The number of rotatable bonds is 5. The molecule has 0 bridgehead atoms. The SMILES string of the molecule is CCOC(=O)c1c(-c2ccc(-c3ccccc3OC)nc2)csc1N. The smallest absolute Gasteiger partial charge is 0.341 e. The lowest BCUT2D eigenvalue weighted by molar-refractivity contribution is 0.0529. The van der Waals surface area contributed by atoms with E-state index in [4.69, 9.17) is 15.2 Å². The van der Waals surface area contributed by atoms with E-state index in [1.807, 2.05) is 41.8 Å². The molecule has 0 unspecified atom stereocenters. The average Bonchev–Trinajstić information content (AvgIpc) is 3.03. The van der Waals surface area contributed by atoms with Gasteiger partial charge in [0.2, 0.25) is 0 Å². The molecule has 2 N–H and O–H groups in total. The van der Waals surface area contributed by atoms with Crippen molar-refractivity contribution in [3.05, 3.63) is 53.5 Å². The van der Waals surface area contributed by atoms with E-state index < -0.39 is 5.97 Å². The van der Waals surface area contributed by atoms with Crippen LogP contribution < -0.4 is 10.5 Å². The van der Waals surface area contributed by atoms with Crippen LogP contribution in [0.4, 0.5) is 5.00 Å². The maximum Gasteiger partial charge on any atom is 0.341 e. The maximum atomic E-state index is 12.2. The molecule has 2 heterocycles. The van der Waals surface area contributed by atoms with E-state index >= 15 is 0 Å². The van der Waals surface area contributed by atoms with Crippen molar-refractivity contribution in [1.29, 1.82) is 0 Å². The summed E-state index contributed by atoms with van der Waals surface area (Å²) in [5.74, 6) is 0.347. The summed E-state index contributed by atoms with van der Waals surface area (Å²) in [6.07, 6.45) is 1.73. The van der Waals surface area contributed by atoms with Crippen LogP contribution in [0.1, 0.15) is 17.3 Å². The quantitative estimate of drug-likeness (QED) is 0.694. The van der Waals surface area contributed by atoms with Gasteiger partial charge in [0, 0.05) is 28.3 Å². The van der Waals surface area contributed by atoms with Crippen molar-refractivity contribution in [2.45, 2.75) is 6.92 Å². The summed E-state index contributed by atoms with van der Waals surface area (Å²) in [5.41, 5.74) is 9.60. The Kier molecular flexibility index (Phi) is 5.00. The van der Waals surface area contributed by atoms with Gasteiger partial charge in [-0.2, -0.15) is 0 Å². The number of benzene rings is 1. The number of nitrogens with zero attached hydrogens (tertiary/aromatic N) is 1. The highest BCUT2D eigenvalue weighted by Crippen LogP contribution is 2.35. The van der Waals surface area contributed by atoms with E-state index in [9.17, 15) is 4.79 Å². The number of carbonyl (C=O) groups is 1. The fourth-order valence-electron chi connectivity index (χ4n) is 2.57. The van der Waals surface area contributed by atoms with Crippen LogP contribution in [0.15, 0.2) is 48.0 Å². The number of nitrogen functional groups attached to an aromatic ring is 1. The van der Waals surface area contributed by atoms with Gasteiger partial charge in [-0.3, -0.25) is 4.98 Å². The molecule has 0 saturated carbocycles. The molecule has 0 aliphatic carbocycles. The van der Waals surface area contributed by atoms with Gasteiger partial charge in [0.25, 0.3) is 0 Å². The Hall–Kier alpha value is -2.86. The first-order valence-corrected chi connectivity index (χ1v) is 8.67. The van der Waals surface area contributed by atoms with E-state index in [-0.39, 0.29) is 0 Å². The number of methoxy groups -OCH3 is 1. The number of carbonyl (C=O) groups excluding carboxylic acids is 1. The molecule has 3 rings (SSSR count). The first-order chi connectivity index (χ1) is 12.2. The third-order valence-corrected chi connectivity index (χ3v) is 4.57. The molecule has 25 heavy (non-hydrogen) atoms. The first kappa shape index (κ1) is 17.0. The number of nitrogens with two attached hydrogens (primary N) is 1. The molecule has 2 aromatic heterocycles. The molecule has 0 atom stereocenters. The van der Waals surface area contributed by atoms with Gasteiger partial charge in [0.15, 0.2) is 0 Å². The summed E-state index contributed by atoms with van der Waals surface area (Å²) in [6.45, 7) is 2.07. The summed E-state index contributed by atoms with van der Waals surface area (Å²) in [7, 11) is 1.63. The van der Waals surface area contributed by atoms with Gasteiger partial charge in [-0.1, -0.05) is 18.2 Å². The first-order valence-electron chi connectivity index (χ1n) is 7.79. The largest absolute Gasteiger partial charge is 0.496 e. The molecule has 0 amide bonds. The predicted octanol–water partition coefficient (Wildman–Crippen LogP) is 4.24. The molecule has 0 spiro atoms. The standard InChI is InChI=1S/C19H18N2O3S/c1-3-24-19(22)17-14(11-25-18(17)20)12-8-9-15(21-10-12)13-6-4-5-7-16(13)23-2/h4-11H,3,20H2,1-2H3. The molecule has 6 heteroatoms. The Morgan fingerprint density at radius 1 is 1.20 bits per heavy atom. The molecular formula is C19H18N2O3S. The third kappa shape index (κ3) is 3.34. The summed E-state index contributed by atoms with van der Waals surface area (Å²) in [6, 6.07) is 11.5. The molecule has 0 aliphatic rings. The van der Waals surface area contributed by atoms with Crippen LogP contribution in [-0.2, 0) is 4.74 Å². The summed E-state index contributed by atoms with van der Waals surface area (Å²) in [5, 5.41) is 2.30. The lowest BCUT2D eigenvalue weighted by Crippen LogP contribution is -2.07. The molecule has 128 valence electrons. The molecule has 0 fully saturated rings. The highest BCUT2D eigenvalue weighted by Gasteiger charge is 2.20. The lowest BCUT2D eigenvalue weighted by Gasteiger charge is -2.09. The lowest BCUT2D eigenvalue weighted by atomic mass is 10.0. The molecule has 0 aliphatic heterocycles. The van der Waals surface area contributed by atoms with Crippen LogP contribution in [0.25, 0.3) is 22.4 Å². The number of pyridine rings is 1. The number of ether oxygens (including phenoxy) is 2. The fourth-order valence-corrected chi connectivity index (χ4v) is 3.38. The van der Waals surface area contributed by atoms with Crippen LogP contribution in [0.2, 0.25) is 0 Å². The van der Waals surface area contributed by atoms with Gasteiger partial charge < -0.3 is 15.2 Å². The van der Waals surface area contributed by atoms with Crippen molar-refractivity contribution in [1.82, 2.24) is 4.98 Å². The van der Waals surface area contributed by atoms with Crippen molar-refractivity contribution in [2.24, 2.45) is 0 Å². The minimum absolute atomic E-state index is 0.304. The summed E-state index contributed by atoms with van der Waals surface area (Å²) in [4.78, 5) is 16.7. The number of hydrogen-bond donors (Lipinski definition) is 1. The highest BCUT2D eigenvalue weighted by atomic mass is 32.1. The van der Waals surface area contributed by atoms with Crippen molar-refractivity contribution in [3.8, 4) is 28.1 Å². The number of anilines is 1. The van der Waals surface area contributed by atoms with E-state index in [1.165, 1.54) is 11.3 Å². The van der Waals surface area contributed by atoms with Gasteiger partial charge in [0.05, 0.1) is 19.4 Å². The van der Waals surface area contributed by atoms with E-state index in [0.717, 1.165) is 28.1 Å². The monoisotopic (exact) mass is 354 g/mol. The Labute approximate surface area is 150 Å². The zero-order chi connectivity index (χ0) is 17.8. The van der Waals surface area contributed by atoms with Crippen LogP contribution in [0.5, 0.6) is 5.75 Å². The van der Waals surface area contributed by atoms with Crippen LogP contribution in [0, 0.1) is 0 Å². The van der Waals surface area contributed by atoms with Crippen molar-refractivity contribution in [3.63, 3.8) is 0 Å². The Morgan fingerprint density at radius 3 is 2.68 bits per heavy atom. The van der Waals surface area contributed by atoms with Crippen LogP contribution in [0.3, 0.4) is 0 Å². The zero-order valence-electron chi connectivity index (χ0n) is 14.0. The number of para-hydroxylation sites is 1. The number of thiophene rings is 1. The predicted molar refractivity (Wildman–Crippen MR) is 99.9 cm³/mol. The molecule has 3 aromatic rings. The summed E-state index contributed by atoms with van der Waals surface area (Å²) >= 11 is 1.32. The second-order valence-corrected chi connectivity index (χ2v) is 6.15. The Balaban J connectivity index is 1.98. The van der Waals surface area contributed by atoms with Crippen molar-refractivity contribution >= 4 is 22.3 Å². The average molecular weight is 354 g/mol. The number of esters is 1. The van der Waals surface area contributed by atoms with Gasteiger partial charge in [-0.15, -0.1) is 11.3 Å².